The smallest absolute Gasteiger partial charge is 0.191 e. The van der Waals surface area contributed by atoms with E-state index in [-0.39, 0.29) is 0 Å². The minimum Gasteiger partial charge on any atom is -0.381 e. The highest BCUT2D eigenvalue weighted by Crippen LogP contribution is 2.28. The summed E-state index contributed by atoms with van der Waals surface area (Å²) in [5.74, 6) is 1.74. The highest BCUT2D eigenvalue weighted by molar-refractivity contribution is 7.10. The SMILES string of the molecule is CCNC(=NCC(c1cccs1)N1CCOCC1)NCCCOCC1CC1. The second-order valence-electron chi connectivity index (χ2n) is 7.20. The Balaban J connectivity index is 1.47. The van der Waals surface area contributed by atoms with Crippen molar-refractivity contribution < 1.29 is 9.47 Å². The van der Waals surface area contributed by atoms with Gasteiger partial charge in [0.25, 0.3) is 0 Å². The zero-order valence-corrected chi connectivity index (χ0v) is 17.3. The molecular weight excluding hydrogens is 360 g/mol. The van der Waals surface area contributed by atoms with Crippen LogP contribution in [-0.4, -0.2) is 70.0 Å². The second kappa shape index (κ2) is 11.6. The molecule has 1 aromatic heterocycles. The number of morpholine rings is 1. The Labute approximate surface area is 167 Å². The standard InChI is InChI=1S/C20H34N4O2S/c1-2-21-20(22-8-4-11-26-16-17-6-7-17)23-15-18(19-5-3-14-27-19)24-9-12-25-13-10-24/h3,5,14,17-18H,2,4,6-13,15-16H2,1H3,(H2,21,22,23). The highest BCUT2D eigenvalue weighted by Gasteiger charge is 2.23. The minimum atomic E-state index is 0.325. The van der Waals surface area contributed by atoms with Gasteiger partial charge in [0, 0.05) is 44.3 Å². The predicted molar refractivity (Wildman–Crippen MR) is 112 cm³/mol. The number of ether oxygens (including phenoxy) is 2. The molecule has 0 aromatic carbocycles. The van der Waals surface area contributed by atoms with Crippen molar-refractivity contribution in [3.05, 3.63) is 22.4 Å². The molecule has 2 aliphatic rings. The van der Waals surface area contributed by atoms with E-state index in [0.29, 0.717) is 6.04 Å². The third-order valence-corrected chi connectivity index (χ3v) is 5.91. The summed E-state index contributed by atoms with van der Waals surface area (Å²) in [4.78, 5) is 8.75. The van der Waals surface area contributed by atoms with E-state index >= 15 is 0 Å². The molecule has 2 fully saturated rings. The van der Waals surface area contributed by atoms with E-state index in [1.807, 2.05) is 11.3 Å². The van der Waals surface area contributed by atoms with E-state index in [9.17, 15) is 0 Å². The topological polar surface area (TPSA) is 58.1 Å². The van der Waals surface area contributed by atoms with Crippen LogP contribution in [0.1, 0.15) is 37.1 Å². The van der Waals surface area contributed by atoms with Gasteiger partial charge in [-0.15, -0.1) is 11.3 Å². The van der Waals surface area contributed by atoms with Gasteiger partial charge in [-0.3, -0.25) is 9.89 Å². The lowest BCUT2D eigenvalue weighted by Crippen LogP contribution is -2.41. The first-order valence-corrected chi connectivity index (χ1v) is 11.2. The van der Waals surface area contributed by atoms with Crippen molar-refractivity contribution in [2.24, 2.45) is 10.9 Å². The van der Waals surface area contributed by atoms with E-state index in [1.54, 1.807) is 0 Å². The van der Waals surface area contributed by atoms with Crippen LogP contribution < -0.4 is 10.6 Å². The van der Waals surface area contributed by atoms with Gasteiger partial charge in [0.1, 0.15) is 0 Å². The molecule has 0 bridgehead atoms. The van der Waals surface area contributed by atoms with Crippen LogP contribution in [0.2, 0.25) is 0 Å². The van der Waals surface area contributed by atoms with Crippen LogP contribution in [0.4, 0.5) is 0 Å². The van der Waals surface area contributed by atoms with Gasteiger partial charge in [0.15, 0.2) is 5.96 Å². The van der Waals surface area contributed by atoms with E-state index in [0.717, 1.165) is 77.4 Å². The Morgan fingerprint density at radius 2 is 2.22 bits per heavy atom. The predicted octanol–water partition coefficient (Wildman–Crippen LogP) is 2.49. The summed E-state index contributed by atoms with van der Waals surface area (Å²) in [6.07, 6.45) is 3.71. The van der Waals surface area contributed by atoms with Crippen LogP contribution >= 0.6 is 11.3 Å². The monoisotopic (exact) mass is 394 g/mol. The average molecular weight is 395 g/mol. The molecule has 2 N–H and O–H groups in total. The van der Waals surface area contributed by atoms with Crippen LogP contribution in [0.25, 0.3) is 0 Å². The molecule has 0 spiro atoms. The Hall–Kier alpha value is -1.15. The summed E-state index contributed by atoms with van der Waals surface area (Å²) in [6.45, 7) is 9.95. The Morgan fingerprint density at radius 1 is 1.37 bits per heavy atom. The summed E-state index contributed by atoms with van der Waals surface area (Å²) in [7, 11) is 0. The molecule has 0 amide bonds. The van der Waals surface area contributed by atoms with Crippen LogP contribution in [-0.2, 0) is 9.47 Å². The van der Waals surface area contributed by atoms with Gasteiger partial charge >= 0.3 is 0 Å². The Kier molecular flexibility index (Phi) is 8.87. The second-order valence-corrected chi connectivity index (χ2v) is 8.18. The number of hydrogen-bond donors (Lipinski definition) is 2. The minimum absolute atomic E-state index is 0.325. The molecule has 1 saturated carbocycles. The first kappa shape index (κ1) is 20.6. The molecule has 1 aliphatic heterocycles. The van der Waals surface area contributed by atoms with Gasteiger partial charge in [0.05, 0.1) is 25.8 Å². The first-order valence-electron chi connectivity index (χ1n) is 10.3. The maximum absolute atomic E-state index is 5.71. The quantitative estimate of drug-likeness (QED) is 0.343. The van der Waals surface area contributed by atoms with Gasteiger partial charge in [-0.05, 0) is 43.6 Å². The molecule has 1 aliphatic carbocycles. The van der Waals surface area contributed by atoms with E-state index in [2.05, 4.69) is 40.0 Å². The van der Waals surface area contributed by atoms with Crippen LogP contribution in [0.15, 0.2) is 22.5 Å². The zero-order chi connectivity index (χ0) is 18.7. The van der Waals surface area contributed by atoms with E-state index < -0.39 is 0 Å². The van der Waals surface area contributed by atoms with Gasteiger partial charge in [-0.2, -0.15) is 0 Å². The molecule has 27 heavy (non-hydrogen) atoms. The molecule has 6 nitrogen and oxygen atoms in total. The van der Waals surface area contributed by atoms with Crippen LogP contribution in [0.5, 0.6) is 0 Å². The largest absolute Gasteiger partial charge is 0.381 e. The third-order valence-electron chi connectivity index (χ3n) is 4.93. The highest BCUT2D eigenvalue weighted by atomic mass is 32.1. The number of nitrogens with one attached hydrogen (secondary N) is 2. The van der Waals surface area contributed by atoms with Crippen molar-refractivity contribution in [1.29, 1.82) is 0 Å². The molecule has 152 valence electrons. The summed E-state index contributed by atoms with van der Waals surface area (Å²) in [5.41, 5.74) is 0. The number of nitrogens with zero attached hydrogens (tertiary/aromatic N) is 2. The molecule has 1 saturated heterocycles. The van der Waals surface area contributed by atoms with Crippen molar-refractivity contribution in [1.82, 2.24) is 15.5 Å². The van der Waals surface area contributed by atoms with Crippen molar-refractivity contribution in [3.63, 3.8) is 0 Å². The number of hydrogen-bond acceptors (Lipinski definition) is 5. The normalized spacial score (nSPS) is 19.8. The molecule has 2 heterocycles. The number of guanidine groups is 1. The van der Waals surface area contributed by atoms with Crippen molar-refractivity contribution in [3.8, 4) is 0 Å². The van der Waals surface area contributed by atoms with Gasteiger partial charge < -0.3 is 20.1 Å². The van der Waals surface area contributed by atoms with Gasteiger partial charge in [-0.25, -0.2) is 0 Å². The molecule has 1 atom stereocenters. The fourth-order valence-corrected chi connectivity index (χ4v) is 4.04. The number of rotatable bonds is 11. The molecule has 1 aromatic rings. The number of thiophene rings is 1. The molecule has 0 radical (unpaired) electrons. The fraction of sp³-hybridized carbons (Fsp3) is 0.750. The maximum atomic E-state index is 5.71. The zero-order valence-electron chi connectivity index (χ0n) is 16.5. The molecule has 3 rings (SSSR count). The lowest BCUT2D eigenvalue weighted by molar-refractivity contribution is 0.0186. The van der Waals surface area contributed by atoms with Crippen molar-refractivity contribution in [2.75, 3.05) is 59.2 Å². The molecule has 7 heteroatoms. The van der Waals surface area contributed by atoms with Gasteiger partial charge in [0.2, 0.25) is 0 Å². The maximum Gasteiger partial charge on any atom is 0.191 e. The summed E-state index contributed by atoms with van der Waals surface area (Å²) >= 11 is 1.81. The molecular formula is C20H34N4O2S. The first-order chi connectivity index (χ1) is 13.4. The van der Waals surface area contributed by atoms with Gasteiger partial charge in [-0.1, -0.05) is 6.07 Å². The lowest BCUT2D eigenvalue weighted by Gasteiger charge is -2.33. The van der Waals surface area contributed by atoms with E-state index in [4.69, 9.17) is 14.5 Å². The summed E-state index contributed by atoms with van der Waals surface area (Å²) in [5, 5.41) is 8.96. The number of aliphatic imine (C=N–C) groups is 1. The summed E-state index contributed by atoms with van der Waals surface area (Å²) < 4.78 is 11.2. The average Bonchev–Trinajstić information content (AvgIpc) is 3.37. The van der Waals surface area contributed by atoms with Crippen LogP contribution in [0, 0.1) is 5.92 Å². The summed E-state index contributed by atoms with van der Waals surface area (Å²) in [6, 6.07) is 4.67. The van der Waals surface area contributed by atoms with Crippen molar-refractivity contribution in [2.45, 2.75) is 32.2 Å². The Morgan fingerprint density at radius 3 is 2.93 bits per heavy atom. The molecule has 1 unspecified atom stereocenters. The van der Waals surface area contributed by atoms with E-state index in [1.165, 1.54) is 17.7 Å². The Bertz CT molecular complexity index is 542. The fourth-order valence-electron chi connectivity index (χ4n) is 3.19. The van der Waals surface area contributed by atoms with Crippen molar-refractivity contribution >= 4 is 17.3 Å². The lowest BCUT2D eigenvalue weighted by atomic mass is 10.2. The van der Waals surface area contributed by atoms with Crippen LogP contribution in [0.3, 0.4) is 0 Å². The third kappa shape index (κ3) is 7.41.